The molecule has 0 fully saturated rings. The van der Waals surface area contributed by atoms with Crippen LogP contribution in [0.2, 0.25) is 0 Å². The second kappa shape index (κ2) is 4.00. The highest BCUT2D eigenvalue weighted by Gasteiger charge is 2.33. The van der Waals surface area contributed by atoms with Gasteiger partial charge in [-0.3, -0.25) is 0 Å². The minimum Gasteiger partial charge on any atom is -0.405 e. The van der Waals surface area contributed by atoms with Gasteiger partial charge in [0.25, 0.3) is 0 Å². The summed E-state index contributed by atoms with van der Waals surface area (Å²) >= 11 is 0. The molecule has 0 aliphatic heterocycles. The Morgan fingerprint density at radius 3 is 1.31 bits per heavy atom. The highest BCUT2D eigenvalue weighted by molar-refractivity contribution is 5.53. The van der Waals surface area contributed by atoms with Crippen LogP contribution in [-0.4, -0.2) is 6.36 Å². The topological polar surface area (TPSA) is 9.23 Å². The maximum Gasteiger partial charge on any atom is 0.573 e. The van der Waals surface area contributed by atoms with Gasteiger partial charge in [0, 0.05) is 0 Å². The molecule has 1 aromatic rings. The van der Waals surface area contributed by atoms with Crippen molar-refractivity contribution in [3.63, 3.8) is 0 Å². The first kappa shape index (κ1) is 12.9. The zero-order chi connectivity index (χ0) is 12.7. The standard InChI is InChI=1S/C12H15F3O/c1-6-7(2)9(4)11(10(5)8(6)3)16-12(13,14)15/h1-5H3. The Morgan fingerprint density at radius 2 is 1.00 bits per heavy atom. The Labute approximate surface area is 93.2 Å². The third kappa shape index (κ3) is 2.31. The molecule has 0 saturated carbocycles. The molecule has 0 heterocycles. The van der Waals surface area contributed by atoms with Gasteiger partial charge in [0.15, 0.2) is 0 Å². The van der Waals surface area contributed by atoms with Gasteiger partial charge in [0.05, 0.1) is 0 Å². The summed E-state index contributed by atoms with van der Waals surface area (Å²) in [7, 11) is 0. The molecule has 0 unspecified atom stereocenters. The molecule has 0 bridgehead atoms. The maximum absolute atomic E-state index is 12.2. The fraction of sp³-hybridized carbons (Fsp3) is 0.500. The monoisotopic (exact) mass is 232 g/mol. The summed E-state index contributed by atoms with van der Waals surface area (Å²) in [4.78, 5) is 0. The van der Waals surface area contributed by atoms with Crippen LogP contribution in [0.5, 0.6) is 5.75 Å². The Hall–Kier alpha value is -1.19. The van der Waals surface area contributed by atoms with Crippen LogP contribution in [0.15, 0.2) is 0 Å². The van der Waals surface area contributed by atoms with Crippen molar-refractivity contribution in [3.05, 3.63) is 27.8 Å². The number of hydrogen-bond donors (Lipinski definition) is 0. The summed E-state index contributed by atoms with van der Waals surface area (Å²) in [6, 6.07) is 0. The highest BCUT2D eigenvalue weighted by atomic mass is 19.4. The molecule has 0 N–H and O–H groups in total. The van der Waals surface area contributed by atoms with Crippen molar-refractivity contribution >= 4 is 0 Å². The third-order valence-corrected chi connectivity index (χ3v) is 3.15. The van der Waals surface area contributed by atoms with Gasteiger partial charge in [0.1, 0.15) is 5.75 Å². The van der Waals surface area contributed by atoms with Crippen LogP contribution in [0.25, 0.3) is 0 Å². The predicted octanol–water partition coefficient (Wildman–Crippen LogP) is 4.13. The summed E-state index contributed by atoms with van der Waals surface area (Å²) in [5.74, 6) is -0.0619. The molecular weight excluding hydrogens is 217 g/mol. The first-order chi connectivity index (χ1) is 7.15. The van der Waals surface area contributed by atoms with Crippen LogP contribution in [0, 0.1) is 34.6 Å². The van der Waals surface area contributed by atoms with Gasteiger partial charge in [0.2, 0.25) is 0 Å². The lowest BCUT2D eigenvalue weighted by molar-refractivity contribution is -0.275. The van der Waals surface area contributed by atoms with Crippen molar-refractivity contribution in [2.75, 3.05) is 0 Å². The van der Waals surface area contributed by atoms with Gasteiger partial charge in [-0.25, -0.2) is 0 Å². The molecule has 0 aliphatic carbocycles. The molecule has 0 aliphatic rings. The number of halogens is 3. The SMILES string of the molecule is Cc1c(C)c(C)c(OC(F)(F)F)c(C)c1C. The Balaban J connectivity index is 3.40. The molecule has 0 spiro atoms. The lowest BCUT2D eigenvalue weighted by atomic mass is 9.94. The van der Waals surface area contributed by atoms with E-state index in [9.17, 15) is 13.2 Å². The van der Waals surface area contributed by atoms with E-state index in [-0.39, 0.29) is 5.75 Å². The van der Waals surface area contributed by atoms with Crippen LogP contribution < -0.4 is 4.74 Å². The third-order valence-electron chi connectivity index (χ3n) is 3.15. The molecule has 90 valence electrons. The second-order valence-electron chi connectivity index (χ2n) is 4.00. The molecular formula is C12H15F3O. The molecule has 0 amide bonds. The zero-order valence-electron chi connectivity index (χ0n) is 10.0. The van der Waals surface area contributed by atoms with E-state index in [4.69, 9.17) is 0 Å². The van der Waals surface area contributed by atoms with E-state index in [2.05, 4.69) is 4.74 Å². The van der Waals surface area contributed by atoms with E-state index < -0.39 is 6.36 Å². The Kier molecular flexibility index (Phi) is 3.22. The smallest absolute Gasteiger partial charge is 0.405 e. The van der Waals surface area contributed by atoms with Crippen LogP contribution in [-0.2, 0) is 0 Å². The summed E-state index contributed by atoms with van der Waals surface area (Å²) in [6.45, 7) is 8.81. The van der Waals surface area contributed by atoms with E-state index in [1.54, 1.807) is 27.7 Å². The minimum atomic E-state index is -4.64. The number of rotatable bonds is 1. The van der Waals surface area contributed by atoms with E-state index in [0.717, 1.165) is 16.7 Å². The molecule has 4 heteroatoms. The lowest BCUT2D eigenvalue weighted by Gasteiger charge is -2.19. The molecule has 0 atom stereocenters. The molecule has 0 radical (unpaired) electrons. The number of alkyl halides is 3. The number of benzene rings is 1. The summed E-state index contributed by atoms with van der Waals surface area (Å²) in [5, 5.41) is 0. The normalized spacial score (nSPS) is 11.8. The summed E-state index contributed by atoms with van der Waals surface area (Å²) in [5.41, 5.74) is 3.82. The quantitative estimate of drug-likeness (QED) is 0.707. The minimum absolute atomic E-state index is 0.0619. The van der Waals surface area contributed by atoms with Gasteiger partial charge in [-0.15, -0.1) is 13.2 Å². The predicted molar refractivity (Wildman–Crippen MR) is 56.8 cm³/mol. The van der Waals surface area contributed by atoms with Gasteiger partial charge < -0.3 is 4.74 Å². The van der Waals surface area contributed by atoms with Crippen molar-refractivity contribution in [2.45, 2.75) is 41.0 Å². The van der Waals surface area contributed by atoms with E-state index in [1.807, 2.05) is 6.92 Å². The number of ether oxygens (including phenoxy) is 1. The van der Waals surface area contributed by atoms with Crippen LogP contribution in [0.3, 0.4) is 0 Å². The van der Waals surface area contributed by atoms with E-state index >= 15 is 0 Å². The Morgan fingerprint density at radius 1 is 0.688 bits per heavy atom. The summed E-state index contributed by atoms with van der Waals surface area (Å²) < 4.78 is 40.8. The van der Waals surface area contributed by atoms with Gasteiger partial charge in [-0.05, 0) is 62.4 Å². The number of hydrogen-bond acceptors (Lipinski definition) is 1. The van der Waals surface area contributed by atoms with Gasteiger partial charge in [-0.1, -0.05) is 0 Å². The molecule has 16 heavy (non-hydrogen) atoms. The highest BCUT2D eigenvalue weighted by Crippen LogP contribution is 2.35. The molecule has 1 aromatic carbocycles. The molecule has 1 rings (SSSR count). The second-order valence-corrected chi connectivity index (χ2v) is 4.00. The maximum atomic E-state index is 12.2. The van der Waals surface area contributed by atoms with Gasteiger partial charge in [-0.2, -0.15) is 0 Å². The van der Waals surface area contributed by atoms with Crippen molar-refractivity contribution in [3.8, 4) is 5.75 Å². The van der Waals surface area contributed by atoms with Crippen molar-refractivity contribution in [1.29, 1.82) is 0 Å². The van der Waals surface area contributed by atoms with Crippen LogP contribution >= 0.6 is 0 Å². The van der Waals surface area contributed by atoms with Gasteiger partial charge >= 0.3 is 6.36 Å². The van der Waals surface area contributed by atoms with Crippen molar-refractivity contribution < 1.29 is 17.9 Å². The largest absolute Gasteiger partial charge is 0.573 e. The molecule has 0 aromatic heterocycles. The average Bonchev–Trinajstić information content (AvgIpc) is 2.17. The van der Waals surface area contributed by atoms with Crippen LogP contribution in [0.4, 0.5) is 13.2 Å². The van der Waals surface area contributed by atoms with E-state index in [0.29, 0.717) is 11.1 Å². The summed E-state index contributed by atoms with van der Waals surface area (Å²) in [6.07, 6.45) is -4.64. The fourth-order valence-electron chi connectivity index (χ4n) is 1.73. The molecule has 0 saturated heterocycles. The lowest BCUT2D eigenvalue weighted by Crippen LogP contribution is -2.19. The van der Waals surface area contributed by atoms with E-state index in [1.165, 1.54) is 0 Å². The first-order valence-corrected chi connectivity index (χ1v) is 4.98. The van der Waals surface area contributed by atoms with Crippen molar-refractivity contribution in [1.82, 2.24) is 0 Å². The average molecular weight is 232 g/mol. The first-order valence-electron chi connectivity index (χ1n) is 4.98. The van der Waals surface area contributed by atoms with Crippen molar-refractivity contribution in [2.24, 2.45) is 0 Å². The Bertz CT molecular complexity index is 390. The zero-order valence-corrected chi connectivity index (χ0v) is 10.0. The molecule has 1 nitrogen and oxygen atoms in total. The van der Waals surface area contributed by atoms with Crippen LogP contribution in [0.1, 0.15) is 27.8 Å². The fourth-order valence-corrected chi connectivity index (χ4v) is 1.73.